The first-order valence-corrected chi connectivity index (χ1v) is 5.82. The Bertz CT molecular complexity index is 434. The molecule has 1 amide bonds. The fourth-order valence-electron chi connectivity index (χ4n) is 1.27. The zero-order chi connectivity index (χ0) is 12.3. The van der Waals surface area contributed by atoms with Crippen molar-refractivity contribution < 1.29 is 14.0 Å². The van der Waals surface area contributed by atoms with Crippen LogP contribution in [0, 0.1) is 5.82 Å². The molecule has 1 aromatic carbocycles. The normalized spacial score (nSPS) is 10.0. The Morgan fingerprint density at radius 3 is 2.50 bits per heavy atom. The number of likely N-dealkylation sites (N-methyl/N-ethyl adjacent to an activating group) is 1. The van der Waals surface area contributed by atoms with Gasteiger partial charge in [-0.3, -0.25) is 9.59 Å². The monoisotopic (exact) mass is 241 g/mol. The Morgan fingerprint density at radius 1 is 1.38 bits per heavy atom. The molecule has 5 heteroatoms. The van der Waals surface area contributed by atoms with E-state index >= 15 is 0 Å². The van der Waals surface area contributed by atoms with Gasteiger partial charge in [-0.25, -0.2) is 4.39 Å². The molecule has 0 aliphatic rings. The van der Waals surface area contributed by atoms with Crippen LogP contribution in [-0.4, -0.2) is 25.0 Å². The van der Waals surface area contributed by atoms with Crippen LogP contribution in [0.2, 0.25) is 0 Å². The zero-order valence-electron chi connectivity index (χ0n) is 9.28. The maximum atomic E-state index is 13.1. The van der Waals surface area contributed by atoms with E-state index in [-0.39, 0.29) is 0 Å². The van der Waals surface area contributed by atoms with Gasteiger partial charge in [0.15, 0.2) is 0 Å². The van der Waals surface area contributed by atoms with Crippen LogP contribution in [-0.2, 0) is 9.59 Å². The third kappa shape index (κ3) is 2.61. The standard InChI is InChI=1S/C11H12FNO2S/c1-7(14)11(15)13(2)9-6-8(12)4-5-10(9)16-3/h4-6H,1-3H3. The van der Waals surface area contributed by atoms with Crippen molar-refractivity contribution in [3.63, 3.8) is 0 Å². The molecule has 0 fully saturated rings. The quantitative estimate of drug-likeness (QED) is 0.600. The zero-order valence-corrected chi connectivity index (χ0v) is 10.1. The second kappa shape index (κ2) is 5.12. The number of benzene rings is 1. The van der Waals surface area contributed by atoms with Crippen molar-refractivity contribution in [2.24, 2.45) is 0 Å². The lowest BCUT2D eigenvalue weighted by Crippen LogP contribution is -2.32. The molecule has 0 heterocycles. The predicted molar refractivity (Wildman–Crippen MR) is 62.3 cm³/mol. The Balaban J connectivity index is 3.15. The highest BCUT2D eigenvalue weighted by molar-refractivity contribution is 7.98. The lowest BCUT2D eigenvalue weighted by molar-refractivity contribution is -0.134. The number of hydrogen-bond donors (Lipinski definition) is 0. The number of carbonyl (C=O) groups excluding carboxylic acids is 2. The molecular formula is C11H12FNO2S. The van der Waals surface area contributed by atoms with Gasteiger partial charge in [0, 0.05) is 18.9 Å². The number of halogens is 1. The molecule has 0 atom stereocenters. The van der Waals surface area contributed by atoms with E-state index in [0.717, 1.165) is 9.80 Å². The summed E-state index contributed by atoms with van der Waals surface area (Å²) in [4.78, 5) is 24.3. The number of hydrogen-bond acceptors (Lipinski definition) is 3. The molecule has 0 saturated heterocycles. The van der Waals surface area contributed by atoms with Crippen molar-refractivity contribution in [2.75, 3.05) is 18.2 Å². The molecule has 0 aliphatic carbocycles. The fourth-order valence-corrected chi connectivity index (χ4v) is 1.88. The van der Waals surface area contributed by atoms with Crippen molar-refractivity contribution in [3.8, 4) is 0 Å². The summed E-state index contributed by atoms with van der Waals surface area (Å²) in [7, 11) is 1.46. The van der Waals surface area contributed by atoms with E-state index in [1.807, 2.05) is 6.26 Å². The Morgan fingerprint density at radius 2 is 2.00 bits per heavy atom. The van der Waals surface area contributed by atoms with Gasteiger partial charge in [-0.1, -0.05) is 0 Å². The Kier molecular flexibility index (Phi) is 4.06. The Hall–Kier alpha value is -1.36. The van der Waals surface area contributed by atoms with Crippen LogP contribution < -0.4 is 4.90 Å². The maximum absolute atomic E-state index is 13.1. The lowest BCUT2D eigenvalue weighted by Gasteiger charge is -2.18. The second-order valence-electron chi connectivity index (χ2n) is 3.24. The van der Waals surface area contributed by atoms with Crippen LogP contribution in [0.15, 0.2) is 23.1 Å². The summed E-state index contributed by atoms with van der Waals surface area (Å²) in [5, 5.41) is 0. The van der Waals surface area contributed by atoms with Gasteiger partial charge in [0.2, 0.25) is 5.78 Å². The van der Waals surface area contributed by atoms with Crippen LogP contribution in [0.1, 0.15) is 6.92 Å². The number of carbonyl (C=O) groups is 2. The van der Waals surface area contributed by atoms with Crippen molar-refractivity contribution in [2.45, 2.75) is 11.8 Å². The molecule has 0 unspecified atom stereocenters. The van der Waals surface area contributed by atoms with Gasteiger partial charge in [-0.05, 0) is 24.5 Å². The van der Waals surface area contributed by atoms with E-state index in [1.165, 1.54) is 37.9 Å². The topological polar surface area (TPSA) is 37.4 Å². The molecule has 0 aromatic heterocycles. The summed E-state index contributed by atoms with van der Waals surface area (Å²) in [5.74, 6) is -1.66. The molecule has 0 saturated carbocycles. The van der Waals surface area contributed by atoms with Crippen LogP contribution in [0.3, 0.4) is 0 Å². The van der Waals surface area contributed by atoms with Gasteiger partial charge in [-0.15, -0.1) is 11.8 Å². The van der Waals surface area contributed by atoms with Gasteiger partial charge in [-0.2, -0.15) is 0 Å². The molecule has 0 spiro atoms. The minimum atomic E-state index is -0.652. The van der Waals surface area contributed by atoms with E-state index in [2.05, 4.69) is 0 Å². The van der Waals surface area contributed by atoms with Crippen LogP contribution in [0.25, 0.3) is 0 Å². The molecule has 16 heavy (non-hydrogen) atoms. The summed E-state index contributed by atoms with van der Waals surface area (Å²) in [6, 6.07) is 4.15. The van der Waals surface area contributed by atoms with E-state index in [9.17, 15) is 14.0 Å². The van der Waals surface area contributed by atoms with E-state index in [1.54, 1.807) is 6.07 Å². The summed E-state index contributed by atoms with van der Waals surface area (Å²) < 4.78 is 13.1. The van der Waals surface area contributed by atoms with Crippen LogP contribution in [0.5, 0.6) is 0 Å². The van der Waals surface area contributed by atoms with Crippen molar-refractivity contribution in [3.05, 3.63) is 24.0 Å². The van der Waals surface area contributed by atoms with Crippen molar-refractivity contribution in [1.29, 1.82) is 0 Å². The maximum Gasteiger partial charge on any atom is 0.293 e. The molecule has 86 valence electrons. The summed E-state index contributed by atoms with van der Waals surface area (Å²) in [6.45, 7) is 1.19. The van der Waals surface area contributed by atoms with E-state index < -0.39 is 17.5 Å². The highest BCUT2D eigenvalue weighted by atomic mass is 32.2. The fraction of sp³-hybridized carbons (Fsp3) is 0.273. The molecular weight excluding hydrogens is 229 g/mol. The highest BCUT2D eigenvalue weighted by Gasteiger charge is 2.18. The van der Waals surface area contributed by atoms with Crippen LogP contribution >= 0.6 is 11.8 Å². The number of thioether (sulfide) groups is 1. The molecule has 1 rings (SSSR count). The molecule has 0 bridgehead atoms. The minimum Gasteiger partial charge on any atom is -0.308 e. The van der Waals surface area contributed by atoms with E-state index in [4.69, 9.17) is 0 Å². The number of ketones is 1. The van der Waals surface area contributed by atoms with Gasteiger partial charge < -0.3 is 4.90 Å². The average Bonchev–Trinajstić information content (AvgIpc) is 2.26. The predicted octanol–water partition coefficient (Wildman–Crippen LogP) is 2.10. The first-order valence-electron chi connectivity index (χ1n) is 4.59. The lowest BCUT2D eigenvalue weighted by atomic mass is 10.2. The number of Topliss-reactive ketones (excluding diaryl/α,β-unsaturated/α-hetero) is 1. The number of rotatable bonds is 3. The van der Waals surface area contributed by atoms with Crippen LogP contribution in [0.4, 0.5) is 10.1 Å². The molecule has 0 radical (unpaired) electrons. The summed E-state index contributed by atoms with van der Waals surface area (Å²) >= 11 is 1.39. The first-order chi connectivity index (χ1) is 7.47. The van der Waals surface area contributed by atoms with Gasteiger partial charge >= 0.3 is 0 Å². The minimum absolute atomic E-state index is 0.410. The van der Waals surface area contributed by atoms with Crippen molar-refractivity contribution in [1.82, 2.24) is 0 Å². The molecule has 0 N–H and O–H groups in total. The smallest absolute Gasteiger partial charge is 0.293 e. The molecule has 1 aromatic rings. The van der Waals surface area contributed by atoms with Gasteiger partial charge in [0.05, 0.1) is 5.69 Å². The van der Waals surface area contributed by atoms with E-state index in [0.29, 0.717) is 5.69 Å². The number of anilines is 1. The third-order valence-corrected chi connectivity index (χ3v) is 2.89. The third-order valence-electron chi connectivity index (χ3n) is 2.11. The number of nitrogens with zero attached hydrogens (tertiary/aromatic N) is 1. The average molecular weight is 241 g/mol. The molecule has 0 aliphatic heterocycles. The summed E-state index contributed by atoms with van der Waals surface area (Å²) in [5.41, 5.74) is 0.410. The van der Waals surface area contributed by atoms with Gasteiger partial charge in [0.25, 0.3) is 5.91 Å². The van der Waals surface area contributed by atoms with Crippen molar-refractivity contribution >= 4 is 29.1 Å². The first kappa shape index (κ1) is 12.7. The second-order valence-corrected chi connectivity index (χ2v) is 4.08. The summed E-state index contributed by atoms with van der Waals surface area (Å²) in [6.07, 6.45) is 1.82. The Labute approximate surface area is 97.6 Å². The van der Waals surface area contributed by atoms with Gasteiger partial charge in [0.1, 0.15) is 5.82 Å². The SMILES string of the molecule is CSc1ccc(F)cc1N(C)C(=O)C(C)=O. The molecule has 3 nitrogen and oxygen atoms in total. The largest absolute Gasteiger partial charge is 0.308 e. The number of amides is 1. The highest BCUT2D eigenvalue weighted by Crippen LogP contribution is 2.28.